The van der Waals surface area contributed by atoms with E-state index in [9.17, 15) is 28.8 Å². The summed E-state index contributed by atoms with van der Waals surface area (Å²) in [4.78, 5) is 78.3. The number of hydrogen-bond donors (Lipinski definition) is 3. The standard InChI is InChI=1S/C8H10N6O2S.C5H8N2O2.C3H2Cl2O2.C3H3N4S.C3H5N3S.C2H8N2.Y/c1-4-9-8(17-12-4)11-10-5-6(15)13(2)14(3)7(5)16;1-6-4(8)3-5(9)7(6)2;4-2(6)1-3(5)7;1-2-5-3(6-4)8-7-2;1-2-5-3(4)7-6-2;1-3-4-2;/h5H,1-3H3;3H2,1-2H3;1H2;1H3;1H3,(H2,4,5,6);3-4H,1-2H3;/q;;;+1;;;. The van der Waals surface area contributed by atoms with Crippen LogP contribution in [0.3, 0.4) is 0 Å². The van der Waals surface area contributed by atoms with Gasteiger partial charge in [0.1, 0.15) is 18.1 Å². The molecule has 3 aromatic heterocycles. The molecular weight excluding hydrogens is 878 g/mol. The van der Waals surface area contributed by atoms with Gasteiger partial charge in [-0.25, -0.2) is 9.97 Å². The number of halogens is 2. The number of nitrogens with one attached hydrogen (secondary N) is 2. The van der Waals surface area contributed by atoms with Crippen molar-refractivity contribution in [3.05, 3.63) is 22.4 Å². The smallest absolute Gasteiger partial charge is 0.374 e. The van der Waals surface area contributed by atoms with Crippen LogP contribution in [0.15, 0.2) is 10.2 Å². The molecule has 0 unspecified atom stereocenters. The van der Waals surface area contributed by atoms with Gasteiger partial charge in [0.25, 0.3) is 17.6 Å². The number of amides is 4. The Morgan fingerprint density at radius 2 is 1.25 bits per heavy atom. The number of anilines is 1. The van der Waals surface area contributed by atoms with E-state index < -0.39 is 28.3 Å². The number of carbonyl (C=O) groups is 6. The molecule has 0 atom stereocenters. The molecule has 0 bridgehead atoms. The van der Waals surface area contributed by atoms with Gasteiger partial charge in [-0.15, -0.1) is 9.49 Å². The van der Waals surface area contributed by atoms with Crippen molar-refractivity contribution in [2.75, 3.05) is 48.0 Å². The zero-order valence-electron chi connectivity index (χ0n) is 29.8. The first-order valence-corrected chi connectivity index (χ1v) is 17.1. The van der Waals surface area contributed by atoms with Crippen molar-refractivity contribution in [3.63, 3.8) is 0 Å². The first kappa shape index (κ1) is 51.4. The van der Waals surface area contributed by atoms with Crippen LogP contribution in [0, 0.1) is 26.2 Å². The average molecular weight is 915 g/mol. The SMILES string of the molecule is CN1C(=O)CC(=O)N1C.CNNC.Cc1nsc(N)n1.Cc1nsc(N=NC2C(=O)N(C)N(C)C2=O)n1.Cc1nsc([N+]#N)n1.O=C(Cl)CC(=O)Cl.[Y]. The van der Waals surface area contributed by atoms with Gasteiger partial charge in [0.15, 0.2) is 5.13 Å². The summed E-state index contributed by atoms with van der Waals surface area (Å²) in [6.07, 6.45) is -0.365. The van der Waals surface area contributed by atoms with Gasteiger partial charge in [-0.1, -0.05) is 0 Å². The van der Waals surface area contributed by atoms with Gasteiger partial charge in [0.2, 0.25) is 33.5 Å². The Kier molecular flexibility index (Phi) is 26.2. The van der Waals surface area contributed by atoms with Gasteiger partial charge in [0.05, 0.1) is 23.3 Å². The molecule has 5 heterocycles. The minimum atomic E-state index is -1.10. The minimum Gasteiger partial charge on any atom is -0.374 e. The molecule has 53 heavy (non-hydrogen) atoms. The minimum absolute atomic E-state index is 0. The van der Waals surface area contributed by atoms with Crippen molar-refractivity contribution >= 4 is 107 Å². The second kappa shape index (κ2) is 27.0. The molecule has 5 rings (SSSR count). The van der Waals surface area contributed by atoms with Gasteiger partial charge in [-0.2, -0.15) is 13.9 Å². The molecule has 23 nitrogen and oxygen atoms in total. The predicted octanol–water partition coefficient (Wildman–Crippen LogP) is 1.37. The number of aromatic nitrogens is 6. The quantitative estimate of drug-likeness (QED) is 0.107. The van der Waals surface area contributed by atoms with E-state index in [4.69, 9.17) is 34.3 Å². The molecule has 2 saturated heterocycles. The monoisotopic (exact) mass is 913 g/mol. The van der Waals surface area contributed by atoms with Crippen LogP contribution in [0.1, 0.15) is 30.3 Å². The molecule has 0 spiro atoms. The number of nitrogen functional groups attached to an aromatic ring is 1. The number of rotatable bonds is 5. The average Bonchev–Trinajstić information content (AvgIpc) is 3.89. The van der Waals surface area contributed by atoms with Crippen LogP contribution in [0.2, 0.25) is 0 Å². The van der Waals surface area contributed by atoms with Gasteiger partial charge in [-0.3, -0.25) is 59.7 Å². The van der Waals surface area contributed by atoms with Crippen molar-refractivity contribution in [1.29, 1.82) is 5.39 Å². The summed E-state index contributed by atoms with van der Waals surface area (Å²) in [6, 6.07) is -1.10. The molecule has 2 aliphatic rings. The molecule has 2 fully saturated rings. The Labute approximate surface area is 351 Å². The van der Waals surface area contributed by atoms with E-state index in [0.717, 1.165) is 28.9 Å². The van der Waals surface area contributed by atoms with Crippen molar-refractivity contribution < 1.29 is 61.5 Å². The maximum atomic E-state index is 11.6. The van der Waals surface area contributed by atoms with Gasteiger partial charge in [0, 0.05) is 101 Å². The van der Waals surface area contributed by atoms with E-state index in [1.54, 1.807) is 27.9 Å². The van der Waals surface area contributed by atoms with Crippen LogP contribution in [0.25, 0.3) is 4.98 Å². The third-order valence-corrected chi connectivity index (χ3v) is 7.76. The van der Waals surface area contributed by atoms with Crippen LogP contribution in [-0.4, -0.2) is 131 Å². The Morgan fingerprint density at radius 1 is 0.811 bits per heavy atom. The molecule has 2 aliphatic heterocycles. The molecule has 29 heteroatoms. The molecule has 4 N–H and O–H groups in total. The van der Waals surface area contributed by atoms with Gasteiger partial charge < -0.3 is 5.73 Å². The number of hydrazine groups is 3. The van der Waals surface area contributed by atoms with E-state index in [1.807, 2.05) is 21.0 Å². The summed E-state index contributed by atoms with van der Waals surface area (Å²) >= 11 is 12.8. The molecule has 0 aromatic carbocycles. The zero-order chi connectivity index (χ0) is 40.1. The van der Waals surface area contributed by atoms with Gasteiger partial charge in [-0.05, 0) is 51.1 Å². The van der Waals surface area contributed by atoms with Gasteiger partial charge >= 0.3 is 5.13 Å². The number of hydrogen-bond acceptors (Lipinski definition) is 21. The number of aryl methyl sites for hydroxylation is 3. The van der Waals surface area contributed by atoms with Crippen LogP contribution >= 0.6 is 57.8 Å². The Balaban J connectivity index is 0. The Bertz CT molecular complexity index is 1670. The Hall–Kier alpha value is -3.68. The molecule has 0 aliphatic carbocycles. The summed E-state index contributed by atoms with van der Waals surface area (Å²) < 4.78 is 11.5. The molecule has 4 amide bonds. The first-order chi connectivity index (χ1) is 24.3. The number of carbonyl (C=O) groups excluding carboxylic acids is 6. The maximum Gasteiger partial charge on any atom is 0.542 e. The molecule has 0 saturated carbocycles. The van der Waals surface area contributed by atoms with E-state index in [0.29, 0.717) is 27.0 Å². The topological polar surface area (TPSA) is 296 Å². The third-order valence-electron chi connectivity index (χ3n) is 5.48. The maximum absolute atomic E-state index is 11.6. The number of diazo groups is 1. The van der Waals surface area contributed by atoms with E-state index in [-0.39, 0.29) is 57.4 Å². The number of nitrogens with two attached hydrogens (primary N) is 1. The first-order valence-electron chi connectivity index (χ1n) is 14.0. The second-order valence-corrected chi connectivity index (χ2v) is 12.4. The van der Waals surface area contributed by atoms with E-state index in [1.165, 1.54) is 45.7 Å². The summed E-state index contributed by atoms with van der Waals surface area (Å²) in [5, 5.41) is 20.3. The van der Waals surface area contributed by atoms with Crippen LogP contribution in [-0.2, 0) is 61.5 Å². The van der Waals surface area contributed by atoms with Crippen LogP contribution in [0.5, 0.6) is 0 Å². The third kappa shape index (κ3) is 20.4. The van der Waals surface area contributed by atoms with Crippen molar-refractivity contribution in [2.24, 2.45) is 10.2 Å². The second-order valence-electron chi connectivity index (χ2n) is 9.27. The summed E-state index contributed by atoms with van der Waals surface area (Å²) in [7, 11) is 9.80. The number of azo groups is 1. The van der Waals surface area contributed by atoms with Crippen LogP contribution in [0.4, 0.5) is 15.4 Å². The van der Waals surface area contributed by atoms with E-state index in [2.05, 4.69) is 54.1 Å². The van der Waals surface area contributed by atoms with Crippen molar-refractivity contribution in [1.82, 2.24) is 59.0 Å². The summed E-state index contributed by atoms with van der Waals surface area (Å²) in [5.74, 6) is 0.905. The fourth-order valence-electron chi connectivity index (χ4n) is 2.73. The summed E-state index contributed by atoms with van der Waals surface area (Å²) in [5.41, 5.74) is 10.6. The van der Waals surface area contributed by atoms with E-state index >= 15 is 0 Å². The fraction of sp³-hybridized carbons (Fsp3) is 0.500. The number of likely N-dealkylation sites (N-methyl/N-ethyl adjacent to an activating group) is 2. The molecule has 287 valence electrons. The molecule has 1 radical (unpaired) electrons. The van der Waals surface area contributed by atoms with Crippen molar-refractivity contribution in [3.8, 4) is 0 Å². The fourth-order valence-corrected chi connectivity index (χ4v) is 4.46. The van der Waals surface area contributed by atoms with Crippen molar-refractivity contribution in [2.45, 2.75) is 39.7 Å². The molecular formula is C24H36Cl2N17O6S3Y+. The zero-order valence-corrected chi connectivity index (χ0v) is 36.6. The molecule has 3 aromatic rings. The predicted molar refractivity (Wildman–Crippen MR) is 192 cm³/mol. The number of nitrogens with zero attached hydrogens (tertiary/aromatic N) is 14. The Morgan fingerprint density at radius 3 is 1.47 bits per heavy atom. The normalized spacial score (nSPS) is 13.2. The van der Waals surface area contributed by atoms with Crippen LogP contribution < -0.4 is 16.6 Å². The summed E-state index contributed by atoms with van der Waals surface area (Å²) in [6.45, 7) is 5.28. The largest absolute Gasteiger partial charge is 0.542 e.